The molecule has 0 spiro atoms. The van der Waals surface area contributed by atoms with Crippen molar-refractivity contribution >= 4 is 27.7 Å². The molecule has 0 aromatic heterocycles. The van der Waals surface area contributed by atoms with Gasteiger partial charge >= 0.3 is 17.9 Å². The van der Waals surface area contributed by atoms with E-state index in [1.807, 2.05) is 0 Å². The van der Waals surface area contributed by atoms with Crippen LogP contribution in [0.3, 0.4) is 0 Å². The number of hydrogen-bond acceptors (Lipinski definition) is 8. The monoisotopic (exact) mass is 511 g/mol. The van der Waals surface area contributed by atoms with Gasteiger partial charge in [0.15, 0.2) is 9.84 Å². The minimum absolute atomic E-state index is 0.0419. The zero-order valence-corrected chi connectivity index (χ0v) is 20.1. The van der Waals surface area contributed by atoms with Gasteiger partial charge in [0.25, 0.3) is 0 Å². The summed E-state index contributed by atoms with van der Waals surface area (Å²) in [6.45, 7) is 2.39. The Morgan fingerprint density at radius 2 is 1.43 bits per heavy atom. The van der Waals surface area contributed by atoms with Crippen molar-refractivity contribution in [3.8, 4) is 11.5 Å². The second-order valence-electron chi connectivity index (χ2n) is 8.28. The number of ether oxygens (including phenoxy) is 2. The molecule has 0 saturated heterocycles. The number of carboxylic acids is 2. The molecule has 12 heteroatoms. The number of carbonyl (C=O) groups excluding carboxylic acids is 1. The van der Waals surface area contributed by atoms with E-state index in [1.54, 1.807) is 0 Å². The summed E-state index contributed by atoms with van der Waals surface area (Å²) in [7, 11) is -3.82. The zero-order chi connectivity index (χ0) is 26.4. The van der Waals surface area contributed by atoms with Crippen LogP contribution in [0.5, 0.6) is 11.5 Å². The Bertz CT molecular complexity index is 1180. The summed E-state index contributed by atoms with van der Waals surface area (Å²) < 4.78 is 48.4. The Labute approximate surface area is 201 Å². The molecule has 0 fully saturated rings. The Hall–Kier alpha value is -3.51. The minimum atomic E-state index is -3.82. The molecule has 2 aromatic carbocycles. The number of sulfone groups is 1. The molecular weight excluding hydrogens is 485 g/mol. The Morgan fingerprint density at radius 1 is 0.914 bits per heavy atom. The Morgan fingerprint density at radius 3 is 1.91 bits per heavy atom. The highest BCUT2D eigenvalue weighted by atomic mass is 32.2. The van der Waals surface area contributed by atoms with Gasteiger partial charge < -0.3 is 19.7 Å². The maximum Gasteiger partial charge on any atom is 0.324 e. The number of benzene rings is 2. The topological polar surface area (TPSA) is 156 Å². The lowest BCUT2D eigenvalue weighted by Crippen LogP contribution is -2.63. The van der Waals surface area contributed by atoms with Gasteiger partial charge in [-0.1, -0.05) is 0 Å². The SMILES string of the molecule is CC(C)(C(=O)O)[C@@](C)(NCC(=O)OCCS(=O)(=O)c1ccc(Oc2ccc(F)cc2)cc1)C(=O)O. The van der Waals surface area contributed by atoms with Crippen molar-refractivity contribution in [2.45, 2.75) is 31.2 Å². The van der Waals surface area contributed by atoms with Crippen LogP contribution in [0.2, 0.25) is 0 Å². The highest BCUT2D eigenvalue weighted by Crippen LogP contribution is 2.31. The molecule has 0 aliphatic carbocycles. The summed E-state index contributed by atoms with van der Waals surface area (Å²) in [5, 5.41) is 21.2. The summed E-state index contributed by atoms with van der Waals surface area (Å²) >= 11 is 0. The van der Waals surface area contributed by atoms with Crippen molar-refractivity contribution in [3.63, 3.8) is 0 Å². The van der Waals surface area contributed by atoms with Gasteiger partial charge in [-0.05, 0) is 69.3 Å². The molecule has 0 unspecified atom stereocenters. The van der Waals surface area contributed by atoms with Crippen molar-refractivity contribution in [1.82, 2.24) is 5.32 Å². The van der Waals surface area contributed by atoms with E-state index in [0.717, 1.165) is 6.92 Å². The third kappa shape index (κ3) is 6.76. The molecule has 0 amide bonds. The van der Waals surface area contributed by atoms with Crippen molar-refractivity contribution < 1.29 is 46.9 Å². The lowest BCUT2D eigenvalue weighted by molar-refractivity contribution is -0.164. The molecule has 0 saturated carbocycles. The fraction of sp³-hybridized carbons (Fsp3) is 0.348. The number of rotatable bonds is 12. The highest BCUT2D eigenvalue weighted by Gasteiger charge is 2.52. The quantitative estimate of drug-likeness (QED) is 0.362. The van der Waals surface area contributed by atoms with Gasteiger partial charge in [0.2, 0.25) is 0 Å². The van der Waals surface area contributed by atoms with E-state index < -0.39 is 63.4 Å². The van der Waals surface area contributed by atoms with Crippen LogP contribution in [0.25, 0.3) is 0 Å². The number of nitrogens with one attached hydrogen (secondary N) is 1. The van der Waals surface area contributed by atoms with E-state index >= 15 is 0 Å². The van der Waals surface area contributed by atoms with E-state index in [2.05, 4.69) is 5.32 Å². The first-order chi connectivity index (χ1) is 16.2. The van der Waals surface area contributed by atoms with Crippen molar-refractivity contribution in [1.29, 1.82) is 0 Å². The highest BCUT2D eigenvalue weighted by molar-refractivity contribution is 7.91. The number of carbonyl (C=O) groups is 3. The predicted octanol–water partition coefficient (Wildman–Crippen LogP) is 2.48. The molecular formula is C23H26FNO9S. The summed E-state index contributed by atoms with van der Waals surface area (Å²) in [6.07, 6.45) is 0. The van der Waals surface area contributed by atoms with Crippen LogP contribution in [-0.4, -0.2) is 61.0 Å². The summed E-state index contributed by atoms with van der Waals surface area (Å²) in [5.41, 5.74) is -3.77. The van der Waals surface area contributed by atoms with Crippen LogP contribution < -0.4 is 10.1 Å². The molecule has 0 aliphatic heterocycles. The Kier molecular flexibility index (Phi) is 8.58. The summed E-state index contributed by atoms with van der Waals surface area (Å²) in [6, 6.07) is 10.7. The number of aliphatic carboxylic acids is 2. The van der Waals surface area contributed by atoms with E-state index in [0.29, 0.717) is 11.5 Å². The van der Waals surface area contributed by atoms with Crippen molar-refractivity contribution in [3.05, 3.63) is 54.3 Å². The van der Waals surface area contributed by atoms with Crippen molar-refractivity contribution in [2.24, 2.45) is 5.41 Å². The molecule has 0 aliphatic rings. The fourth-order valence-electron chi connectivity index (χ4n) is 2.81. The van der Waals surface area contributed by atoms with Crippen LogP contribution >= 0.6 is 0 Å². The number of halogens is 1. The molecule has 35 heavy (non-hydrogen) atoms. The zero-order valence-electron chi connectivity index (χ0n) is 19.3. The van der Waals surface area contributed by atoms with Gasteiger partial charge in [-0.15, -0.1) is 0 Å². The third-order valence-corrected chi connectivity index (χ3v) is 7.34. The standard InChI is InChI=1S/C23H26FNO9S/c1-22(2,20(27)28)23(3,21(29)30)25-14-19(26)33-12-13-35(31,32)18-10-8-17(9-11-18)34-16-6-4-15(24)5-7-16/h4-11,25H,12-14H2,1-3H3,(H,27,28)(H,29,30)/t23-/m0/s1. The van der Waals surface area contributed by atoms with Crippen LogP contribution in [0.4, 0.5) is 4.39 Å². The van der Waals surface area contributed by atoms with Gasteiger partial charge in [-0.25, -0.2) is 12.8 Å². The maximum absolute atomic E-state index is 13.0. The molecule has 10 nitrogen and oxygen atoms in total. The fourth-order valence-corrected chi connectivity index (χ4v) is 3.90. The molecule has 0 bridgehead atoms. The lowest BCUT2D eigenvalue weighted by Gasteiger charge is -2.37. The first-order valence-corrected chi connectivity index (χ1v) is 12.0. The average molecular weight is 512 g/mol. The average Bonchev–Trinajstić information content (AvgIpc) is 2.78. The van der Waals surface area contributed by atoms with Gasteiger partial charge in [0.05, 0.1) is 22.6 Å². The van der Waals surface area contributed by atoms with Crippen LogP contribution in [0.1, 0.15) is 20.8 Å². The summed E-state index contributed by atoms with van der Waals surface area (Å²) in [4.78, 5) is 35.1. The smallest absolute Gasteiger partial charge is 0.324 e. The van der Waals surface area contributed by atoms with E-state index in [1.165, 1.54) is 62.4 Å². The molecule has 0 heterocycles. The largest absolute Gasteiger partial charge is 0.481 e. The minimum Gasteiger partial charge on any atom is -0.481 e. The number of hydrogen-bond donors (Lipinski definition) is 3. The second-order valence-corrected chi connectivity index (χ2v) is 10.4. The van der Waals surface area contributed by atoms with Gasteiger partial charge in [-0.2, -0.15) is 0 Å². The molecule has 0 radical (unpaired) electrons. The predicted molar refractivity (Wildman–Crippen MR) is 121 cm³/mol. The lowest BCUT2D eigenvalue weighted by atomic mass is 9.73. The van der Waals surface area contributed by atoms with E-state index in [4.69, 9.17) is 9.47 Å². The first kappa shape index (κ1) is 27.7. The normalized spacial score (nSPS) is 13.5. The van der Waals surface area contributed by atoms with Crippen LogP contribution in [0, 0.1) is 11.2 Å². The third-order valence-electron chi connectivity index (χ3n) is 5.65. The van der Waals surface area contributed by atoms with Crippen LogP contribution in [-0.2, 0) is 29.0 Å². The first-order valence-electron chi connectivity index (χ1n) is 10.3. The maximum atomic E-state index is 13.0. The number of esters is 1. The van der Waals surface area contributed by atoms with E-state index in [9.17, 15) is 37.4 Å². The molecule has 3 N–H and O–H groups in total. The molecule has 1 atom stereocenters. The van der Waals surface area contributed by atoms with Crippen LogP contribution in [0.15, 0.2) is 53.4 Å². The number of carboxylic acid groups (broad SMARTS) is 2. The van der Waals surface area contributed by atoms with E-state index in [-0.39, 0.29) is 4.90 Å². The Balaban J connectivity index is 1.91. The molecule has 2 rings (SSSR count). The van der Waals surface area contributed by atoms with Crippen molar-refractivity contribution in [2.75, 3.05) is 18.9 Å². The van der Waals surface area contributed by atoms with Gasteiger partial charge in [-0.3, -0.25) is 19.7 Å². The second kappa shape index (κ2) is 10.8. The van der Waals surface area contributed by atoms with Gasteiger partial charge in [0, 0.05) is 0 Å². The van der Waals surface area contributed by atoms with Gasteiger partial charge in [0.1, 0.15) is 29.5 Å². The summed E-state index contributed by atoms with van der Waals surface area (Å²) in [5.74, 6) is -4.07. The molecule has 190 valence electrons. The molecule has 2 aromatic rings.